The minimum absolute atomic E-state index is 0.0812. The second kappa shape index (κ2) is 8.31. The third-order valence-electron chi connectivity index (χ3n) is 4.66. The Balaban J connectivity index is 1.52. The number of amides is 2. The quantitative estimate of drug-likeness (QED) is 0.138. The number of nitrogen functional groups attached to an aromatic ring is 1. The first-order valence-corrected chi connectivity index (χ1v) is 10.7. The Hall–Kier alpha value is -3.52. The van der Waals surface area contributed by atoms with Crippen molar-refractivity contribution in [3.05, 3.63) is 47.7 Å². The Bertz CT molecular complexity index is 1120. The first-order chi connectivity index (χ1) is 14.9. The van der Waals surface area contributed by atoms with Crippen molar-refractivity contribution in [1.29, 1.82) is 0 Å². The molecule has 160 valence electrons. The number of thioether (sulfide) groups is 1. The minimum atomic E-state index is -1.21. The third kappa shape index (κ3) is 3.82. The molecule has 12 nitrogen and oxygen atoms in total. The van der Waals surface area contributed by atoms with E-state index in [4.69, 9.17) is 5.73 Å². The molecule has 1 saturated heterocycles. The van der Waals surface area contributed by atoms with Crippen molar-refractivity contribution in [2.75, 3.05) is 11.5 Å². The van der Waals surface area contributed by atoms with Crippen LogP contribution >= 0.6 is 23.3 Å². The first-order valence-electron chi connectivity index (χ1n) is 8.87. The molecule has 0 radical (unpaired) electrons. The summed E-state index contributed by atoms with van der Waals surface area (Å²) >= 11 is 2.16. The van der Waals surface area contributed by atoms with Crippen molar-refractivity contribution < 1.29 is 29.3 Å². The summed E-state index contributed by atoms with van der Waals surface area (Å²) in [5.74, 6) is -2.45. The number of carbonyl (C=O) groups is 3. The fraction of sp³-hybridized carbons (Fsp3) is 0.235. The van der Waals surface area contributed by atoms with Gasteiger partial charge in [-0.1, -0.05) is 11.2 Å². The maximum Gasteiger partial charge on any atom is 0.352 e. The largest absolute Gasteiger partial charge is 0.477 e. The van der Waals surface area contributed by atoms with Crippen LogP contribution in [-0.4, -0.2) is 65.2 Å². The lowest BCUT2D eigenvalue weighted by Crippen LogP contribution is -2.71. The van der Waals surface area contributed by atoms with E-state index in [1.807, 2.05) is 22.8 Å². The van der Waals surface area contributed by atoms with Crippen LogP contribution in [0.1, 0.15) is 5.82 Å². The number of nitrogens with two attached hydrogens (primary N) is 1. The van der Waals surface area contributed by atoms with E-state index in [2.05, 4.69) is 19.8 Å². The van der Waals surface area contributed by atoms with Crippen LogP contribution in [-0.2, 0) is 20.9 Å². The van der Waals surface area contributed by atoms with Crippen LogP contribution in [0.4, 0.5) is 5.13 Å². The number of carbonyl (C=O) groups excluding carboxylic acids is 2. The average Bonchev–Trinajstić information content (AvgIpc) is 3.18. The highest BCUT2D eigenvalue weighted by Gasteiger charge is 2.54. The number of carboxylic acid groups (broad SMARTS) is 1. The van der Waals surface area contributed by atoms with Gasteiger partial charge in [0.05, 0.1) is 0 Å². The number of anilines is 1. The molecule has 2 aliphatic rings. The second-order valence-corrected chi connectivity index (χ2v) is 8.46. The molecule has 4 rings (SSSR count). The lowest BCUT2D eigenvalue weighted by Gasteiger charge is -2.49. The Labute approximate surface area is 183 Å². The molecular weight excluding hydrogens is 446 g/mol. The zero-order chi connectivity index (χ0) is 22.1. The topological polar surface area (TPSA) is 175 Å². The highest BCUT2D eigenvalue weighted by molar-refractivity contribution is 8.00. The normalized spacial score (nSPS) is 20.8. The summed E-state index contributed by atoms with van der Waals surface area (Å²) in [6.07, 6.45) is 3.61. The Morgan fingerprint density at radius 1 is 1.35 bits per heavy atom. The van der Waals surface area contributed by atoms with Gasteiger partial charge in [-0.2, -0.15) is 9.36 Å². The van der Waals surface area contributed by atoms with E-state index in [0.29, 0.717) is 17.9 Å². The molecular formula is C17H16N7O5S2+. The molecule has 31 heavy (non-hydrogen) atoms. The van der Waals surface area contributed by atoms with Crippen LogP contribution in [0, 0.1) is 0 Å². The fourth-order valence-electron chi connectivity index (χ4n) is 3.30. The van der Waals surface area contributed by atoms with Crippen LogP contribution in [0.2, 0.25) is 0 Å². The number of aromatic nitrogens is 3. The average molecular weight is 462 g/mol. The summed E-state index contributed by atoms with van der Waals surface area (Å²) in [5, 5.41) is 23.8. The number of fused-ring (bicyclic) bond motifs is 1. The molecule has 2 aliphatic heterocycles. The van der Waals surface area contributed by atoms with Crippen molar-refractivity contribution in [2.24, 2.45) is 5.16 Å². The van der Waals surface area contributed by atoms with Crippen molar-refractivity contribution >= 4 is 51.9 Å². The summed E-state index contributed by atoms with van der Waals surface area (Å²) in [4.78, 5) is 42.1. The Kier molecular flexibility index (Phi) is 5.56. The smallest absolute Gasteiger partial charge is 0.352 e. The summed E-state index contributed by atoms with van der Waals surface area (Å²) < 4.78 is 5.63. The van der Waals surface area contributed by atoms with Gasteiger partial charge in [-0.05, 0) is 0 Å². The third-order valence-corrected chi connectivity index (χ3v) is 6.54. The molecule has 4 heterocycles. The summed E-state index contributed by atoms with van der Waals surface area (Å²) in [5.41, 5.74) is 5.49. The first kappa shape index (κ1) is 20.7. The number of nitrogens with one attached hydrogen (secondary N) is 1. The molecule has 0 aliphatic carbocycles. The maximum absolute atomic E-state index is 12.7. The number of β-lactam (4-membered cyclic amide) rings is 1. The summed E-state index contributed by atoms with van der Waals surface area (Å²) in [6, 6.07) is 4.52. The van der Waals surface area contributed by atoms with Gasteiger partial charge < -0.3 is 21.4 Å². The van der Waals surface area contributed by atoms with E-state index in [9.17, 15) is 24.7 Å². The van der Waals surface area contributed by atoms with Crippen molar-refractivity contribution in [2.45, 2.75) is 18.0 Å². The van der Waals surface area contributed by atoms with Gasteiger partial charge >= 0.3 is 5.97 Å². The van der Waals surface area contributed by atoms with Crippen molar-refractivity contribution in [1.82, 2.24) is 19.6 Å². The van der Waals surface area contributed by atoms with Gasteiger partial charge in [0, 0.05) is 35.0 Å². The zero-order valence-corrected chi connectivity index (χ0v) is 17.3. The van der Waals surface area contributed by atoms with Gasteiger partial charge in [-0.3, -0.25) is 14.5 Å². The predicted molar refractivity (Wildman–Crippen MR) is 109 cm³/mol. The number of rotatable bonds is 6. The Morgan fingerprint density at radius 2 is 2.10 bits per heavy atom. The number of hydrogen-bond acceptors (Lipinski definition) is 10. The minimum Gasteiger partial charge on any atom is -0.477 e. The SMILES string of the molecule is Nc1nc(C(=NO)C(=O)NC2C(=O)N3C(C(=O)O)=C(C[n+]4ccccc4)CS[C@H]23)ns1. The summed E-state index contributed by atoms with van der Waals surface area (Å²) in [6.45, 7) is 0.321. The van der Waals surface area contributed by atoms with Gasteiger partial charge in [0.15, 0.2) is 24.1 Å². The zero-order valence-electron chi connectivity index (χ0n) is 15.7. The molecule has 0 aromatic carbocycles. The maximum atomic E-state index is 12.7. The van der Waals surface area contributed by atoms with E-state index in [1.54, 1.807) is 12.4 Å². The molecule has 0 bridgehead atoms. The van der Waals surface area contributed by atoms with E-state index >= 15 is 0 Å². The van der Waals surface area contributed by atoms with E-state index in [0.717, 1.165) is 11.5 Å². The number of pyridine rings is 1. The number of hydrogen-bond donors (Lipinski definition) is 4. The molecule has 2 amide bonds. The number of oxime groups is 1. The van der Waals surface area contributed by atoms with Crippen LogP contribution < -0.4 is 15.6 Å². The van der Waals surface area contributed by atoms with Gasteiger partial charge in [0.25, 0.3) is 11.8 Å². The Morgan fingerprint density at radius 3 is 2.71 bits per heavy atom. The van der Waals surface area contributed by atoms with Gasteiger partial charge in [0.2, 0.25) is 11.5 Å². The molecule has 0 spiro atoms. The highest BCUT2D eigenvalue weighted by Crippen LogP contribution is 2.40. The lowest BCUT2D eigenvalue weighted by atomic mass is 10.0. The number of nitrogens with zero attached hydrogens (tertiary/aromatic N) is 5. The number of carboxylic acids is 1. The highest BCUT2D eigenvalue weighted by atomic mass is 32.2. The molecule has 5 N–H and O–H groups in total. The van der Waals surface area contributed by atoms with Crippen LogP contribution in [0.25, 0.3) is 0 Å². The van der Waals surface area contributed by atoms with E-state index in [1.165, 1.54) is 16.7 Å². The van der Waals surface area contributed by atoms with E-state index < -0.39 is 34.9 Å². The predicted octanol–water partition coefficient (Wildman–Crippen LogP) is -0.975. The molecule has 2 aromatic heterocycles. The second-order valence-electron chi connectivity index (χ2n) is 6.57. The van der Waals surface area contributed by atoms with Crippen LogP contribution in [0.15, 0.2) is 47.0 Å². The lowest BCUT2D eigenvalue weighted by molar-refractivity contribution is -0.689. The van der Waals surface area contributed by atoms with Crippen LogP contribution in [0.3, 0.4) is 0 Å². The van der Waals surface area contributed by atoms with Crippen LogP contribution in [0.5, 0.6) is 0 Å². The molecule has 1 unspecified atom stereocenters. The number of aliphatic carboxylic acids is 1. The monoisotopic (exact) mass is 462 g/mol. The molecule has 1 fully saturated rings. The van der Waals surface area contributed by atoms with Crippen molar-refractivity contribution in [3.63, 3.8) is 0 Å². The molecule has 0 saturated carbocycles. The standard InChI is InChI=1S/C17H15N7O5S2/c18-17-20-12(22-31-17)9(21-29)13(25)19-10-14(26)24-11(16(27)28)8(7-30-15(10)24)6-23-4-2-1-3-5-23/h1-5,10,15H,6-7H2,(H4-,18,19,20,22,25,27,28,29)/p+1/t10?,15-/m1/s1. The molecule has 2 aromatic rings. The van der Waals surface area contributed by atoms with Gasteiger partial charge in [-0.25, -0.2) is 9.36 Å². The summed E-state index contributed by atoms with van der Waals surface area (Å²) in [7, 11) is 0. The van der Waals surface area contributed by atoms with Gasteiger partial charge in [0.1, 0.15) is 17.1 Å². The molecule has 14 heteroatoms. The molecule has 2 atom stereocenters. The van der Waals surface area contributed by atoms with E-state index in [-0.39, 0.29) is 16.7 Å². The van der Waals surface area contributed by atoms with Crippen molar-refractivity contribution in [3.8, 4) is 0 Å². The van der Waals surface area contributed by atoms with Gasteiger partial charge in [-0.15, -0.1) is 11.8 Å². The fourth-order valence-corrected chi connectivity index (χ4v) is 5.07.